The van der Waals surface area contributed by atoms with Gasteiger partial charge in [0.25, 0.3) is 0 Å². The third kappa shape index (κ3) is 6.42. The summed E-state index contributed by atoms with van der Waals surface area (Å²) in [6.45, 7) is 7.54. The van der Waals surface area contributed by atoms with Gasteiger partial charge >= 0.3 is 5.97 Å². The lowest BCUT2D eigenvalue weighted by Crippen LogP contribution is -2.54. The van der Waals surface area contributed by atoms with Gasteiger partial charge in [0.2, 0.25) is 0 Å². The molecule has 1 unspecified atom stereocenters. The van der Waals surface area contributed by atoms with Crippen molar-refractivity contribution < 1.29 is 9.53 Å². The summed E-state index contributed by atoms with van der Waals surface area (Å²) in [6, 6.07) is 15.4. The maximum Gasteiger partial charge on any atom is 0.313 e. The molecule has 2 fully saturated rings. The third-order valence-corrected chi connectivity index (χ3v) is 7.48. The van der Waals surface area contributed by atoms with Crippen molar-refractivity contribution in [1.82, 2.24) is 14.8 Å². The van der Waals surface area contributed by atoms with Crippen LogP contribution in [0.3, 0.4) is 0 Å². The first kappa shape index (κ1) is 23.9. The van der Waals surface area contributed by atoms with Crippen LogP contribution >= 0.6 is 0 Å². The smallest absolute Gasteiger partial charge is 0.313 e. The standard InChI is InChI=1S/C28H39N3O2/c1-2-33-27(32)28(15-6-11-24-9-4-3-5-10-24)16-8-18-31(23-28)26-13-19-30(20-14-26)22-25-12-7-17-29-21-25/h3-5,7,9-10,12,17,21,26H,2,6,8,11,13-16,18-20,22-23H2,1H3. The first-order valence-corrected chi connectivity index (χ1v) is 12.7. The predicted octanol–water partition coefficient (Wildman–Crippen LogP) is 4.71. The molecule has 4 rings (SSSR count). The summed E-state index contributed by atoms with van der Waals surface area (Å²) in [4.78, 5) is 22.6. The Balaban J connectivity index is 1.34. The van der Waals surface area contributed by atoms with E-state index in [0.29, 0.717) is 12.6 Å². The number of ether oxygens (including phenoxy) is 1. The van der Waals surface area contributed by atoms with Gasteiger partial charge in [-0.25, -0.2) is 0 Å². The molecule has 0 amide bonds. The third-order valence-electron chi connectivity index (χ3n) is 7.48. The average Bonchev–Trinajstić information content (AvgIpc) is 2.86. The van der Waals surface area contributed by atoms with Gasteiger partial charge in [-0.1, -0.05) is 36.4 Å². The van der Waals surface area contributed by atoms with E-state index in [0.717, 1.165) is 64.8 Å². The van der Waals surface area contributed by atoms with Crippen LogP contribution in [0.5, 0.6) is 0 Å². The Morgan fingerprint density at radius 3 is 2.61 bits per heavy atom. The fourth-order valence-electron chi connectivity index (χ4n) is 5.70. The monoisotopic (exact) mass is 449 g/mol. The van der Waals surface area contributed by atoms with Crippen LogP contribution in [0.15, 0.2) is 54.9 Å². The van der Waals surface area contributed by atoms with Gasteiger partial charge in [-0.3, -0.25) is 19.6 Å². The van der Waals surface area contributed by atoms with Crippen molar-refractivity contribution in [2.45, 2.75) is 64.5 Å². The summed E-state index contributed by atoms with van der Waals surface area (Å²) in [5.74, 6) is 0.0248. The molecule has 2 aliphatic heterocycles. The molecule has 0 bridgehead atoms. The fourth-order valence-corrected chi connectivity index (χ4v) is 5.70. The summed E-state index contributed by atoms with van der Waals surface area (Å²) in [5.41, 5.74) is 2.29. The zero-order chi connectivity index (χ0) is 22.9. The number of pyridine rings is 1. The SMILES string of the molecule is CCOC(=O)C1(CCCc2ccccc2)CCCN(C2CCN(Cc3cccnc3)CC2)C1. The molecule has 0 radical (unpaired) electrons. The fraction of sp³-hybridized carbons (Fsp3) is 0.571. The summed E-state index contributed by atoms with van der Waals surface area (Å²) in [7, 11) is 0. The van der Waals surface area contributed by atoms with Crippen molar-refractivity contribution in [3.05, 3.63) is 66.0 Å². The molecule has 0 N–H and O–H groups in total. The highest BCUT2D eigenvalue weighted by Crippen LogP contribution is 2.38. The van der Waals surface area contributed by atoms with Crippen LogP contribution in [-0.4, -0.2) is 59.6 Å². The van der Waals surface area contributed by atoms with E-state index >= 15 is 0 Å². The summed E-state index contributed by atoms with van der Waals surface area (Å²) >= 11 is 0. The summed E-state index contributed by atoms with van der Waals surface area (Å²) in [5, 5.41) is 0. The number of piperidine rings is 2. The minimum Gasteiger partial charge on any atom is -0.466 e. The van der Waals surface area contributed by atoms with Gasteiger partial charge in [-0.2, -0.15) is 0 Å². The van der Waals surface area contributed by atoms with Crippen molar-refractivity contribution in [2.75, 3.05) is 32.8 Å². The molecule has 0 saturated carbocycles. The molecule has 5 heteroatoms. The van der Waals surface area contributed by atoms with E-state index < -0.39 is 0 Å². The van der Waals surface area contributed by atoms with Gasteiger partial charge in [0.1, 0.15) is 0 Å². The number of nitrogens with zero attached hydrogens (tertiary/aromatic N) is 3. The van der Waals surface area contributed by atoms with Crippen molar-refractivity contribution in [1.29, 1.82) is 0 Å². The highest BCUT2D eigenvalue weighted by molar-refractivity contribution is 5.77. The normalized spacial score (nSPS) is 22.8. The Morgan fingerprint density at radius 2 is 1.88 bits per heavy atom. The van der Waals surface area contributed by atoms with E-state index in [-0.39, 0.29) is 11.4 Å². The van der Waals surface area contributed by atoms with Crippen molar-refractivity contribution >= 4 is 5.97 Å². The molecule has 1 atom stereocenters. The quantitative estimate of drug-likeness (QED) is 0.519. The number of esters is 1. The molecular formula is C28H39N3O2. The second kappa shape index (κ2) is 11.8. The second-order valence-corrected chi connectivity index (χ2v) is 9.78. The maximum atomic E-state index is 13.2. The molecule has 1 aromatic carbocycles. The van der Waals surface area contributed by atoms with Gasteiger partial charge < -0.3 is 4.74 Å². The Bertz CT molecular complexity index is 852. The number of hydrogen-bond donors (Lipinski definition) is 0. The lowest BCUT2D eigenvalue weighted by Gasteiger charge is -2.46. The first-order chi connectivity index (χ1) is 16.2. The highest BCUT2D eigenvalue weighted by atomic mass is 16.5. The molecule has 2 aromatic rings. The first-order valence-electron chi connectivity index (χ1n) is 12.7. The lowest BCUT2D eigenvalue weighted by atomic mass is 9.75. The van der Waals surface area contributed by atoms with Gasteiger partial charge in [-0.05, 0) is 88.7 Å². The van der Waals surface area contributed by atoms with Crippen LogP contribution < -0.4 is 0 Å². The predicted molar refractivity (Wildman–Crippen MR) is 132 cm³/mol. The number of benzene rings is 1. The topological polar surface area (TPSA) is 45.7 Å². The molecule has 2 saturated heterocycles. The molecule has 33 heavy (non-hydrogen) atoms. The highest BCUT2D eigenvalue weighted by Gasteiger charge is 2.44. The number of aromatic nitrogens is 1. The Hall–Kier alpha value is -2.24. The molecule has 178 valence electrons. The van der Waals surface area contributed by atoms with E-state index in [9.17, 15) is 4.79 Å². The second-order valence-electron chi connectivity index (χ2n) is 9.78. The van der Waals surface area contributed by atoms with E-state index in [4.69, 9.17) is 4.74 Å². The van der Waals surface area contributed by atoms with Crippen LogP contribution in [0.1, 0.15) is 56.6 Å². The Morgan fingerprint density at radius 1 is 1.09 bits per heavy atom. The summed E-state index contributed by atoms with van der Waals surface area (Å²) in [6.07, 6.45) is 11.1. The van der Waals surface area contributed by atoms with E-state index in [1.165, 1.54) is 24.0 Å². The van der Waals surface area contributed by atoms with Crippen LogP contribution in [0.2, 0.25) is 0 Å². The zero-order valence-electron chi connectivity index (χ0n) is 20.1. The minimum absolute atomic E-state index is 0.0248. The van der Waals surface area contributed by atoms with Gasteiger partial charge in [0.05, 0.1) is 12.0 Å². The van der Waals surface area contributed by atoms with Crippen LogP contribution in [0, 0.1) is 5.41 Å². The summed E-state index contributed by atoms with van der Waals surface area (Å²) < 4.78 is 5.63. The lowest BCUT2D eigenvalue weighted by molar-refractivity contribution is -0.161. The zero-order valence-corrected chi connectivity index (χ0v) is 20.1. The largest absolute Gasteiger partial charge is 0.466 e. The molecule has 3 heterocycles. The molecule has 0 aliphatic carbocycles. The van der Waals surface area contributed by atoms with E-state index in [2.05, 4.69) is 51.2 Å². The molecule has 0 spiro atoms. The number of carbonyl (C=O) groups excluding carboxylic acids is 1. The molecule has 2 aliphatic rings. The number of hydrogen-bond acceptors (Lipinski definition) is 5. The van der Waals surface area contributed by atoms with Crippen molar-refractivity contribution in [3.8, 4) is 0 Å². The number of likely N-dealkylation sites (tertiary alicyclic amines) is 2. The Labute approximate surface area is 199 Å². The van der Waals surface area contributed by atoms with Crippen molar-refractivity contribution in [3.63, 3.8) is 0 Å². The number of aryl methyl sites for hydroxylation is 1. The van der Waals surface area contributed by atoms with Crippen LogP contribution in [0.4, 0.5) is 0 Å². The maximum absolute atomic E-state index is 13.2. The van der Waals surface area contributed by atoms with Gasteiger partial charge in [-0.15, -0.1) is 0 Å². The van der Waals surface area contributed by atoms with Gasteiger partial charge in [0, 0.05) is 31.5 Å². The molecular weight excluding hydrogens is 410 g/mol. The Kier molecular flexibility index (Phi) is 8.51. The van der Waals surface area contributed by atoms with Crippen LogP contribution in [-0.2, 0) is 22.5 Å². The van der Waals surface area contributed by atoms with Gasteiger partial charge in [0.15, 0.2) is 0 Å². The average molecular weight is 450 g/mol. The molecule has 1 aromatic heterocycles. The number of carbonyl (C=O) groups is 1. The van der Waals surface area contributed by atoms with Crippen LogP contribution in [0.25, 0.3) is 0 Å². The minimum atomic E-state index is -0.351. The molecule has 5 nitrogen and oxygen atoms in total. The van der Waals surface area contributed by atoms with Crippen molar-refractivity contribution in [2.24, 2.45) is 5.41 Å². The van der Waals surface area contributed by atoms with E-state index in [1.807, 2.05) is 25.4 Å². The van der Waals surface area contributed by atoms with E-state index in [1.54, 1.807) is 0 Å². The number of rotatable bonds is 9.